The lowest BCUT2D eigenvalue weighted by Crippen LogP contribution is -2.57. The Labute approximate surface area is 264 Å². The molecule has 0 spiro atoms. The summed E-state index contributed by atoms with van der Waals surface area (Å²) in [5.41, 5.74) is 11.7. The molecule has 1 aromatic rings. The summed E-state index contributed by atoms with van der Waals surface area (Å²) in [6.45, 7) is 4.23. The summed E-state index contributed by atoms with van der Waals surface area (Å²) in [4.78, 5) is 69.6. The average molecular weight is 665 g/mol. The molecule has 0 aromatic heterocycles. The molecule has 0 aliphatic rings. The van der Waals surface area contributed by atoms with Gasteiger partial charge in [0, 0.05) is 6.54 Å². The average Bonchev–Trinajstić information content (AvgIpc) is 2.97. The standard InChI is InChI=1S/C26H42N6O7.C2HF3O2/c1-17(2)21(22(28)33)32-23(34)19(30-25(37)31-20(24(35)36)13-6-8-14-27)12-7-9-15-29-26(38)39-16-18-10-4-3-5-11-18;3-2(4,5)1(6)7/h3-5,10-11,17,19-21H,6-9,12-16,27H2,1-2H3,(H2,28,33)(H,29,38)(H,32,34)(H,35,36)(H2,30,31,37);(H,6,7)/t19-,20+,21+;/m1./s1. The molecule has 0 bridgehead atoms. The number of carbonyl (C=O) groups is 6. The number of benzene rings is 1. The molecule has 0 saturated heterocycles. The largest absolute Gasteiger partial charge is 0.490 e. The van der Waals surface area contributed by atoms with E-state index in [1.807, 2.05) is 30.3 Å². The second-order valence-corrected chi connectivity index (χ2v) is 10.3. The lowest BCUT2D eigenvalue weighted by molar-refractivity contribution is -0.192. The summed E-state index contributed by atoms with van der Waals surface area (Å²) in [6, 6.07) is 5.20. The number of urea groups is 1. The number of hydrogen-bond acceptors (Lipinski definition) is 8. The van der Waals surface area contributed by atoms with Gasteiger partial charge in [-0.2, -0.15) is 13.2 Å². The highest BCUT2D eigenvalue weighted by molar-refractivity contribution is 5.92. The van der Waals surface area contributed by atoms with Crippen molar-refractivity contribution in [1.29, 1.82) is 0 Å². The number of carboxylic acid groups (broad SMARTS) is 2. The molecule has 0 saturated carbocycles. The van der Waals surface area contributed by atoms with Gasteiger partial charge < -0.3 is 47.7 Å². The van der Waals surface area contributed by atoms with Crippen LogP contribution in [0.25, 0.3) is 0 Å². The predicted octanol–water partition coefficient (Wildman–Crippen LogP) is 1.59. The van der Waals surface area contributed by atoms with E-state index in [1.165, 1.54) is 0 Å². The van der Waals surface area contributed by atoms with Gasteiger partial charge in [-0.1, -0.05) is 44.2 Å². The number of nitrogens with one attached hydrogen (secondary N) is 4. The zero-order chi connectivity index (χ0) is 35.3. The molecule has 0 radical (unpaired) electrons. The van der Waals surface area contributed by atoms with E-state index in [2.05, 4.69) is 21.3 Å². The van der Waals surface area contributed by atoms with Crippen molar-refractivity contribution in [2.45, 2.75) is 83.3 Å². The summed E-state index contributed by atoms with van der Waals surface area (Å²) in [5.74, 6) is -5.60. The second kappa shape index (κ2) is 22.0. The maximum absolute atomic E-state index is 12.9. The molecule has 0 unspecified atom stereocenters. The minimum absolute atomic E-state index is 0.133. The molecule has 1 aromatic carbocycles. The van der Waals surface area contributed by atoms with Gasteiger partial charge in [-0.15, -0.1) is 0 Å². The van der Waals surface area contributed by atoms with Gasteiger partial charge in [0.05, 0.1) is 0 Å². The first-order chi connectivity index (χ1) is 21.5. The first-order valence-electron chi connectivity index (χ1n) is 14.3. The topological polar surface area (TPSA) is 252 Å². The number of alkyl carbamates (subject to hydrolysis) is 1. The number of hydrogen-bond donors (Lipinski definition) is 8. The minimum atomic E-state index is -5.08. The fourth-order valence-corrected chi connectivity index (χ4v) is 3.64. The first kappa shape index (κ1) is 41.4. The van der Waals surface area contributed by atoms with Crippen molar-refractivity contribution in [2.75, 3.05) is 13.1 Å². The number of halogens is 3. The molecule has 0 aliphatic carbocycles. The van der Waals surface area contributed by atoms with E-state index in [1.54, 1.807) is 13.8 Å². The quantitative estimate of drug-likeness (QED) is 0.105. The zero-order valence-corrected chi connectivity index (χ0v) is 25.6. The van der Waals surface area contributed by atoms with Crippen LogP contribution in [0, 0.1) is 5.92 Å². The smallest absolute Gasteiger partial charge is 0.480 e. The lowest BCUT2D eigenvalue weighted by atomic mass is 10.0. The third-order valence-corrected chi connectivity index (χ3v) is 6.09. The normalized spacial score (nSPS) is 12.8. The Morgan fingerprint density at radius 1 is 0.870 bits per heavy atom. The SMILES string of the molecule is CC(C)[C@H](NC(=O)[C@@H](CCCCNC(=O)OCc1ccccc1)NC(=O)N[C@@H](CCCCN)C(=O)O)C(N)=O.O=C(O)C(F)(F)F. The second-order valence-electron chi connectivity index (χ2n) is 10.3. The molecular formula is C28H43F3N6O9. The third kappa shape index (κ3) is 18.9. The number of carbonyl (C=O) groups excluding carboxylic acids is 4. The molecule has 5 amide bonds. The highest BCUT2D eigenvalue weighted by atomic mass is 19.4. The maximum atomic E-state index is 12.9. The van der Waals surface area contributed by atoms with Crippen LogP contribution in [-0.4, -0.2) is 83.5 Å². The summed E-state index contributed by atoms with van der Waals surface area (Å²) < 4.78 is 36.9. The number of carboxylic acids is 2. The van der Waals surface area contributed by atoms with Crippen LogP contribution < -0.4 is 32.7 Å². The Morgan fingerprint density at radius 2 is 1.41 bits per heavy atom. The predicted molar refractivity (Wildman–Crippen MR) is 158 cm³/mol. The molecular weight excluding hydrogens is 621 g/mol. The number of amides is 5. The number of ether oxygens (including phenoxy) is 1. The van der Waals surface area contributed by atoms with Crippen molar-refractivity contribution >= 4 is 35.9 Å². The van der Waals surface area contributed by atoms with Gasteiger partial charge in [0.2, 0.25) is 11.8 Å². The summed E-state index contributed by atoms with van der Waals surface area (Å²) in [5, 5.41) is 26.6. The van der Waals surface area contributed by atoms with Gasteiger partial charge in [0.1, 0.15) is 24.7 Å². The number of nitrogens with two attached hydrogens (primary N) is 2. The maximum Gasteiger partial charge on any atom is 0.490 e. The van der Waals surface area contributed by atoms with Crippen LogP contribution in [0.2, 0.25) is 0 Å². The number of unbranched alkanes of at least 4 members (excludes halogenated alkanes) is 2. The van der Waals surface area contributed by atoms with E-state index in [-0.39, 0.29) is 31.9 Å². The van der Waals surface area contributed by atoms with E-state index in [9.17, 15) is 42.3 Å². The van der Waals surface area contributed by atoms with Gasteiger partial charge in [-0.05, 0) is 56.6 Å². The fourth-order valence-electron chi connectivity index (χ4n) is 3.64. The van der Waals surface area contributed by atoms with Crippen LogP contribution in [0.5, 0.6) is 0 Å². The molecule has 3 atom stereocenters. The fraction of sp³-hybridized carbons (Fsp3) is 0.571. The van der Waals surface area contributed by atoms with E-state index in [0.717, 1.165) is 5.56 Å². The van der Waals surface area contributed by atoms with Gasteiger partial charge in [0.15, 0.2) is 0 Å². The lowest BCUT2D eigenvalue weighted by Gasteiger charge is -2.24. The molecule has 0 heterocycles. The van der Waals surface area contributed by atoms with Gasteiger partial charge in [0.25, 0.3) is 0 Å². The molecule has 18 heteroatoms. The molecule has 1 rings (SSSR count). The number of aliphatic carboxylic acids is 2. The van der Waals surface area contributed by atoms with Crippen LogP contribution in [0.1, 0.15) is 57.9 Å². The van der Waals surface area contributed by atoms with Crippen molar-refractivity contribution < 1.29 is 56.9 Å². The van der Waals surface area contributed by atoms with Crippen molar-refractivity contribution in [3.8, 4) is 0 Å². The zero-order valence-electron chi connectivity index (χ0n) is 25.6. The highest BCUT2D eigenvalue weighted by Crippen LogP contribution is 2.13. The Balaban J connectivity index is 0.00000258. The van der Waals surface area contributed by atoms with Crippen LogP contribution in [0.15, 0.2) is 30.3 Å². The minimum Gasteiger partial charge on any atom is -0.480 e. The van der Waals surface area contributed by atoms with Gasteiger partial charge in [-0.3, -0.25) is 9.59 Å². The molecule has 0 fully saturated rings. The summed E-state index contributed by atoms with van der Waals surface area (Å²) >= 11 is 0. The number of rotatable bonds is 18. The Kier molecular flexibility index (Phi) is 19.8. The molecule has 260 valence electrons. The van der Waals surface area contributed by atoms with Crippen molar-refractivity contribution in [1.82, 2.24) is 21.3 Å². The van der Waals surface area contributed by atoms with Crippen LogP contribution in [0.4, 0.5) is 22.8 Å². The van der Waals surface area contributed by atoms with Crippen LogP contribution >= 0.6 is 0 Å². The van der Waals surface area contributed by atoms with E-state index >= 15 is 0 Å². The number of primary amides is 1. The third-order valence-electron chi connectivity index (χ3n) is 6.09. The van der Waals surface area contributed by atoms with Gasteiger partial charge in [-0.25, -0.2) is 19.2 Å². The Hall–Kier alpha value is -4.61. The molecule has 46 heavy (non-hydrogen) atoms. The first-order valence-corrected chi connectivity index (χ1v) is 14.3. The van der Waals surface area contributed by atoms with Crippen molar-refractivity contribution in [2.24, 2.45) is 17.4 Å². The number of alkyl halides is 3. The van der Waals surface area contributed by atoms with E-state index < -0.39 is 60.2 Å². The van der Waals surface area contributed by atoms with E-state index in [4.69, 9.17) is 26.1 Å². The van der Waals surface area contributed by atoms with E-state index in [0.29, 0.717) is 32.2 Å². The summed E-state index contributed by atoms with van der Waals surface area (Å²) in [6.07, 6.45) is -3.33. The van der Waals surface area contributed by atoms with Crippen LogP contribution in [-0.2, 0) is 30.5 Å². The van der Waals surface area contributed by atoms with Crippen molar-refractivity contribution in [3.05, 3.63) is 35.9 Å². The van der Waals surface area contributed by atoms with Crippen molar-refractivity contribution in [3.63, 3.8) is 0 Å². The molecule has 15 nitrogen and oxygen atoms in total. The van der Waals surface area contributed by atoms with Crippen LogP contribution in [0.3, 0.4) is 0 Å². The monoisotopic (exact) mass is 664 g/mol. The molecule has 10 N–H and O–H groups in total. The highest BCUT2D eigenvalue weighted by Gasteiger charge is 2.38. The van der Waals surface area contributed by atoms with Gasteiger partial charge >= 0.3 is 30.2 Å². The summed E-state index contributed by atoms with van der Waals surface area (Å²) in [7, 11) is 0. The Bertz CT molecular complexity index is 1120. The molecule has 0 aliphatic heterocycles. The Morgan fingerprint density at radius 3 is 1.91 bits per heavy atom.